The van der Waals surface area contributed by atoms with E-state index in [0.29, 0.717) is 10.7 Å². The SMILES string of the molecule is CC1CN(c2ncncc2Br)CCC1Br. The van der Waals surface area contributed by atoms with Crippen molar-refractivity contribution in [2.75, 3.05) is 18.0 Å². The first kappa shape index (κ1) is 11.3. The molecule has 5 heteroatoms. The summed E-state index contributed by atoms with van der Waals surface area (Å²) in [7, 11) is 0. The molecular formula is C10H13Br2N3. The number of alkyl halides is 1. The third-order valence-corrected chi connectivity index (χ3v) is 4.67. The van der Waals surface area contributed by atoms with Crippen molar-refractivity contribution in [1.29, 1.82) is 0 Å². The van der Waals surface area contributed by atoms with Crippen LogP contribution in [0.4, 0.5) is 5.82 Å². The maximum Gasteiger partial charge on any atom is 0.146 e. The molecule has 0 aromatic carbocycles. The highest BCUT2D eigenvalue weighted by Crippen LogP contribution is 2.29. The van der Waals surface area contributed by atoms with Crippen LogP contribution >= 0.6 is 31.9 Å². The second-order valence-corrected chi connectivity index (χ2v) is 5.95. The zero-order valence-electron chi connectivity index (χ0n) is 8.53. The van der Waals surface area contributed by atoms with Gasteiger partial charge in [-0.25, -0.2) is 9.97 Å². The molecular weight excluding hydrogens is 322 g/mol. The quantitative estimate of drug-likeness (QED) is 0.739. The lowest BCUT2D eigenvalue weighted by atomic mass is 10.0. The lowest BCUT2D eigenvalue weighted by Crippen LogP contribution is -2.40. The Morgan fingerprint density at radius 2 is 2.33 bits per heavy atom. The van der Waals surface area contributed by atoms with Gasteiger partial charge in [-0.3, -0.25) is 0 Å². The molecule has 82 valence electrons. The van der Waals surface area contributed by atoms with E-state index in [9.17, 15) is 0 Å². The Hall–Kier alpha value is -0.160. The van der Waals surface area contributed by atoms with Crippen LogP contribution in [0.5, 0.6) is 0 Å². The molecule has 2 heterocycles. The fourth-order valence-electron chi connectivity index (χ4n) is 1.85. The van der Waals surface area contributed by atoms with Gasteiger partial charge in [0.2, 0.25) is 0 Å². The number of hydrogen-bond donors (Lipinski definition) is 0. The van der Waals surface area contributed by atoms with Crippen molar-refractivity contribution in [2.24, 2.45) is 5.92 Å². The first-order chi connectivity index (χ1) is 7.18. The van der Waals surface area contributed by atoms with Crippen molar-refractivity contribution < 1.29 is 0 Å². The van der Waals surface area contributed by atoms with Gasteiger partial charge in [0.1, 0.15) is 12.1 Å². The van der Waals surface area contributed by atoms with Gasteiger partial charge in [-0.2, -0.15) is 0 Å². The van der Waals surface area contributed by atoms with Crippen molar-refractivity contribution in [3.8, 4) is 0 Å². The van der Waals surface area contributed by atoms with Gasteiger partial charge < -0.3 is 4.90 Å². The van der Waals surface area contributed by atoms with Gasteiger partial charge in [0.05, 0.1) is 4.47 Å². The van der Waals surface area contributed by atoms with Crippen LogP contribution in [0.2, 0.25) is 0 Å². The maximum absolute atomic E-state index is 4.31. The summed E-state index contributed by atoms with van der Waals surface area (Å²) in [6.45, 7) is 4.36. The fraction of sp³-hybridized carbons (Fsp3) is 0.600. The Morgan fingerprint density at radius 3 is 3.00 bits per heavy atom. The minimum atomic E-state index is 0.634. The molecule has 0 spiro atoms. The Bertz CT molecular complexity index is 345. The zero-order chi connectivity index (χ0) is 10.8. The molecule has 3 nitrogen and oxygen atoms in total. The number of piperidine rings is 1. The molecule has 0 amide bonds. The van der Waals surface area contributed by atoms with Crippen molar-refractivity contribution >= 4 is 37.7 Å². The molecule has 2 unspecified atom stereocenters. The number of hydrogen-bond acceptors (Lipinski definition) is 3. The molecule has 1 saturated heterocycles. The van der Waals surface area contributed by atoms with Gasteiger partial charge in [0.15, 0.2) is 0 Å². The molecule has 2 atom stereocenters. The van der Waals surface area contributed by atoms with E-state index in [2.05, 4.69) is 53.7 Å². The van der Waals surface area contributed by atoms with Crippen LogP contribution < -0.4 is 4.90 Å². The van der Waals surface area contributed by atoms with Crippen molar-refractivity contribution in [3.05, 3.63) is 17.0 Å². The van der Waals surface area contributed by atoms with Crippen molar-refractivity contribution in [1.82, 2.24) is 9.97 Å². The molecule has 1 aromatic rings. The van der Waals surface area contributed by atoms with E-state index in [1.165, 1.54) is 0 Å². The number of rotatable bonds is 1. The topological polar surface area (TPSA) is 29.0 Å². The molecule has 0 radical (unpaired) electrons. The standard InChI is InChI=1S/C10H13Br2N3/c1-7-5-15(3-2-8(7)11)10-9(12)4-13-6-14-10/h4,6-8H,2-3,5H2,1H3. The van der Waals surface area contributed by atoms with Crippen LogP contribution in [-0.4, -0.2) is 27.9 Å². The van der Waals surface area contributed by atoms with Gasteiger partial charge >= 0.3 is 0 Å². The molecule has 1 fully saturated rings. The van der Waals surface area contributed by atoms with Gasteiger partial charge in [-0.05, 0) is 28.3 Å². The van der Waals surface area contributed by atoms with E-state index in [-0.39, 0.29) is 0 Å². The fourth-order valence-corrected chi connectivity index (χ4v) is 2.69. The van der Waals surface area contributed by atoms with Gasteiger partial charge in [-0.15, -0.1) is 0 Å². The summed E-state index contributed by atoms with van der Waals surface area (Å²) in [5, 5.41) is 0. The van der Waals surface area contributed by atoms with Crippen LogP contribution in [0.15, 0.2) is 17.0 Å². The average Bonchev–Trinajstić information content (AvgIpc) is 2.23. The predicted octanol–water partition coefficient (Wildman–Crippen LogP) is 2.85. The molecule has 0 N–H and O–H groups in total. The van der Waals surface area contributed by atoms with Crippen LogP contribution in [0.3, 0.4) is 0 Å². The third kappa shape index (κ3) is 2.50. The van der Waals surface area contributed by atoms with E-state index >= 15 is 0 Å². The predicted molar refractivity (Wildman–Crippen MR) is 68.4 cm³/mol. The number of nitrogens with zero attached hydrogens (tertiary/aromatic N) is 3. The average molecular weight is 335 g/mol. The summed E-state index contributed by atoms with van der Waals surface area (Å²) in [5.41, 5.74) is 0. The minimum Gasteiger partial charge on any atom is -0.355 e. The monoisotopic (exact) mass is 333 g/mol. The smallest absolute Gasteiger partial charge is 0.146 e. The second-order valence-electron chi connectivity index (χ2n) is 3.92. The number of anilines is 1. The van der Waals surface area contributed by atoms with Crippen LogP contribution in [0.1, 0.15) is 13.3 Å². The minimum absolute atomic E-state index is 0.634. The summed E-state index contributed by atoms with van der Waals surface area (Å²) in [5.74, 6) is 1.66. The first-order valence-electron chi connectivity index (χ1n) is 5.03. The maximum atomic E-state index is 4.31. The Balaban J connectivity index is 2.15. The van der Waals surface area contributed by atoms with Gasteiger partial charge in [0.25, 0.3) is 0 Å². The van der Waals surface area contributed by atoms with Crippen LogP contribution in [0, 0.1) is 5.92 Å². The molecule has 15 heavy (non-hydrogen) atoms. The highest BCUT2D eigenvalue weighted by molar-refractivity contribution is 9.10. The summed E-state index contributed by atoms with van der Waals surface area (Å²) in [6.07, 6.45) is 4.57. The highest BCUT2D eigenvalue weighted by Gasteiger charge is 2.25. The lowest BCUT2D eigenvalue weighted by molar-refractivity contribution is 0.463. The number of halogens is 2. The Morgan fingerprint density at radius 1 is 1.53 bits per heavy atom. The molecule has 1 aliphatic heterocycles. The molecule has 2 rings (SSSR count). The Kier molecular flexibility index (Phi) is 3.61. The van der Waals surface area contributed by atoms with Gasteiger partial charge in [0, 0.05) is 24.1 Å². The molecule has 0 saturated carbocycles. The zero-order valence-corrected chi connectivity index (χ0v) is 11.7. The van der Waals surface area contributed by atoms with Crippen LogP contribution in [0.25, 0.3) is 0 Å². The number of aromatic nitrogens is 2. The van der Waals surface area contributed by atoms with E-state index in [1.807, 2.05) is 0 Å². The summed E-state index contributed by atoms with van der Waals surface area (Å²) >= 11 is 7.19. The first-order valence-corrected chi connectivity index (χ1v) is 6.74. The van der Waals surface area contributed by atoms with E-state index < -0.39 is 0 Å². The van der Waals surface area contributed by atoms with E-state index in [4.69, 9.17) is 0 Å². The molecule has 0 bridgehead atoms. The normalized spacial score (nSPS) is 26.7. The third-order valence-electron chi connectivity index (χ3n) is 2.75. The largest absolute Gasteiger partial charge is 0.355 e. The van der Waals surface area contributed by atoms with Crippen molar-refractivity contribution in [3.63, 3.8) is 0 Å². The lowest BCUT2D eigenvalue weighted by Gasteiger charge is -2.35. The molecule has 1 aromatic heterocycles. The molecule has 1 aliphatic rings. The Labute approximate surface area is 107 Å². The van der Waals surface area contributed by atoms with Crippen LogP contribution in [-0.2, 0) is 0 Å². The second kappa shape index (κ2) is 4.78. The summed E-state index contributed by atoms with van der Waals surface area (Å²) < 4.78 is 0.977. The van der Waals surface area contributed by atoms with E-state index in [0.717, 1.165) is 29.8 Å². The van der Waals surface area contributed by atoms with Gasteiger partial charge in [-0.1, -0.05) is 22.9 Å². The molecule has 0 aliphatic carbocycles. The summed E-state index contributed by atoms with van der Waals surface area (Å²) in [4.78, 5) is 11.2. The highest BCUT2D eigenvalue weighted by atomic mass is 79.9. The summed E-state index contributed by atoms with van der Waals surface area (Å²) in [6, 6.07) is 0. The van der Waals surface area contributed by atoms with E-state index in [1.54, 1.807) is 12.5 Å². The van der Waals surface area contributed by atoms with Crippen molar-refractivity contribution in [2.45, 2.75) is 18.2 Å².